The molecule has 26 heavy (non-hydrogen) atoms. The van der Waals surface area contributed by atoms with E-state index in [4.69, 9.17) is 4.52 Å². The summed E-state index contributed by atoms with van der Waals surface area (Å²) >= 11 is 0. The summed E-state index contributed by atoms with van der Waals surface area (Å²) in [7, 11) is 2.19. The monoisotopic (exact) mass is 357 g/mol. The molecule has 0 unspecified atom stereocenters. The van der Waals surface area contributed by atoms with Crippen LogP contribution in [0.25, 0.3) is 0 Å². The molecule has 142 valence electrons. The minimum atomic E-state index is 0.256. The molecule has 2 aromatic rings. The third-order valence-electron chi connectivity index (χ3n) is 4.84. The van der Waals surface area contributed by atoms with Gasteiger partial charge in [0.15, 0.2) is 5.82 Å². The van der Waals surface area contributed by atoms with E-state index in [0.717, 1.165) is 50.9 Å². The molecule has 0 spiro atoms. The third kappa shape index (κ3) is 5.62. The van der Waals surface area contributed by atoms with Crippen LogP contribution in [0.4, 0.5) is 0 Å². The van der Waals surface area contributed by atoms with E-state index in [2.05, 4.69) is 76.5 Å². The van der Waals surface area contributed by atoms with Crippen molar-refractivity contribution in [3.63, 3.8) is 0 Å². The van der Waals surface area contributed by atoms with Crippen molar-refractivity contribution in [3.8, 4) is 0 Å². The average molecular weight is 358 g/mol. The summed E-state index contributed by atoms with van der Waals surface area (Å²) in [6.07, 6.45) is 0.830. The molecule has 1 fully saturated rings. The Hall–Kier alpha value is -1.76. The van der Waals surface area contributed by atoms with Gasteiger partial charge in [0.05, 0.1) is 6.54 Å². The first-order valence-electron chi connectivity index (χ1n) is 9.61. The molecule has 0 aliphatic carbocycles. The van der Waals surface area contributed by atoms with Gasteiger partial charge in [0.25, 0.3) is 0 Å². The Labute approximate surface area is 156 Å². The first-order valence-corrected chi connectivity index (χ1v) is 9.61. The van der Waals surface area contributed by atoms with Crippen molar-refractivity contribution in [2.24, 2.45) is 5.92 Å². The lowest BCUT2D eigenvalue weighted by Crippen LogP contribution is -2.47. The van der Waals surface area contributed by atoms with Crippen LogP contribution in [0.15, 0.2) is 34.9 Å². The number of piperazine rings is 1. The maximum absolute atomic E-state index is 5.36. The molecule has 0 radical (unpaired) electrons. The second-order valence-electron chi connectivity index (χ2n) is 7.65. The smallest absolute Gasteiger partial charge is 0.226 e. The van der Waals surface area contributed by atoms with Crippen LogP contribution in [0.3, 0.4) is 0 Å². The Balaban J connectivity index is 1.61. The summed E-state index contributed by atoms with van der Waals surface area (Å²) in [4.78, 5) is 9.43. The van der Waals surface area contributed by atoms with Gasteiger partial charge < -0.3 is 14.7 Å². The van der Waals surface area contributed by atoms with Gasteiger partial charge in [-0.2, -0.15) is 4.98 Å². The first-order chi connectivity index (χ1) is 12.6. The molecular formula is C20H31N5O. The van der Waals surface area contributed by atoms with E-state index in [0.29, 0.717) is 12.5 Å². The molecule has 3 rings (SSSR count). The highest BCUT2D eigenvalue weighted by atomic mass is 16.5. The number of nitrogens with one attached hydrogen (secondary N) is 1. The number of aromatic nitrogens is 2. The molecular weight excluding hydrogens is 326 g/mol. The lowest BCUT2D eigenvalue weighted by atomic mass is 10.1. The molecule has 1 aromatic heterocycles. The van der Waals surface area contributed by atoms with Crippen LogP contribution in [0.5, 0.6) is 0 Å². The van der Waals surface area contributed by atoms with Crippen LogP contribution in [0, 0.1) is 5.92 Å². The third-order valence-corrected chi connectivity index (χ3v) is 4.84. The van der Waals surface area contributed by atoms with E-state index in [-0.39, 0.29) is 6.04 Å². The molecule has 0 amide bonds. The predicted molar refractivity (Wildman–Crippen MR) is 103 cm³/mol. The highest BCUT2D eigenvalue weighted by Crippen LogP contribution is 2.16. The normalized spacial score (nSPS) is 17.7. The molecule has 6 nitrogen and oxygen atoms in total. The number of likely N-dealkylation sites (N-methyl/N-ethyl adjacent to an activating group) is 1. The summed E-state index contributed by atoms with van der Waals surface area (Å²) in [5.41, 5.74) is 1.30. The number of hydrogen-bond acceptors (Lipinski definition) is 6. The van der Waals surface area contributed by atoms with Crippen LogP contribution in [0.1, 0.15) is 37.2 Å². The van der Waals surface area contributed by atoms with Crippen LogP contribution < -0.4 is 5.32 Å². The van der Waals surface area contributed by atoms with Crippen LogP contribution >= 0.6 is 0 Å². The van der Waals surface area contributed by atoms with Crippen molar-refractivity contribution in [1.82, 2.24) is 25.3 Å². The van der Waals surface area contributed by atoms with Crippen LogP contribution in [-0.2, 0) is 13.0 Å². The fraction of sp³-hybridized carbons (Fsp3) is 0.600. The van der Waals surface area contributed by atoms with Crippen LogP contribution in [-0.4, -0.2) is 59.7 Å². The SMILES string of the molecule is CC(C)Cc1nc(CN[C@H](CN2CCN(C)CC2)c2ccccc2)no1. The van der Waals surface area contributed by atoms with Crippen LogP contribution in [0.2, 0.25) is 0 Å². The maximum Gasteiger partial charge on any atom is 0.226 e. The fourth-order valence-electron chi connectivity index (χ4n) is 3.27. The summed E-state index contributed by atoms with van der Waals surface area (Å²) in [6, 6.07) is 10.9. The second kappa shape index (κ2) is 9.26. The molecule has 1 aliphatic rings. The van der Waals surface area contributed by atoms with E-state index >= 15 is 0 Å². The molecule has 0 saturated carbocycles. The highest BCUT2D eigenvalue weighted by Gasteiger charge is 2.20. The minimum absolute atomic E-state index is 0.256. The van der Waals surface area contributed by atoms with Gasteiger partial charge in [-0.1, -0.05) is 49.3 Å². The number of rotatable bonds is 8. The molecule has 1 saturated heterocycles. The quantitative estimate of drug-likeness (QED) is 0.783. The largest absolute Gasteiger partial charge is 0.339 e. The first kappa shape index (κ1) is 19.0. The standard InChI is InChI=1S/C20H31N5O/c1-16(2)13-20-22-19(23-26-20)14-21-18(17-7-5-4-6-8-17)15-25-11-9-24(3)10-12-25/h4-8,16,18,21H,9-15H2,1-3H3/t18-/m1/s1. The van der Waals surface area contributed by atoms with Gasteiger partial charge in [-0.25, -0.2) is 0 Å². The zero-order valence-corrected chi connectivity index (χ0v) is 16.2. The Morgan fingerprint density at radius 2 is 1.85 bits per heavy atom. The second-order valence-corrected chi connectivity index (χ2v) is 7.65. The predicted octanol–water partition coefficient (Wildman–Crippen LogP) is 2.35. The molecule has 1 N–H and O–H groups in total. The van der Waals surface area contributed by atoms with E-state index in [9.17, 15) is 0 Å². The van der Waals surface area contributed by atoms with Gasteiger partial charge in [-0.3, -0.25) is 4.90 Å². The maximum atomic E-state index is 5.36. The fourth-order valence-corrected chi connectivity index (χ4v) is 3.27. The van der Waals surface area contributed by atoms with Crippen molar-refractivity contribution < 1.29 is 4.52 Å². The van der Waals surface area contributed by atoms with Gasteiger partial charge in [0, 0.05) is 45.2 Å². The Morgan fingerprint density at radius 3 is 2.54 bits per heavy atom. The lowest BCUT2D eigenvalue weighted by Gasteiger charge is -2.35. The van der Waals surface area contributed by atoms with E-state index < -0.39 is 0 Å². The summed E-state index contributed by atoms with van der Waals surface area (Å²) in [5.74, 6) is 1.98. The molecule has 1 atom stereocenters. The lowest BCUT2D eigenvalue weighted by molar-refractivity contribution is 0.141. The van der Waals surface area contributed by atoms with Gasteiger partial charge in [0.1, 0.15) is 0 Å². The van der Waals surface area contributed by atoms with Gasteiger partial charge in [-0.15, -0.1) is 0 Å². The van der Waals surface area contributed by atoms with Gasteiger partial charge in [-0.05, 0) is 18.5 Å². The van der Waals surface area contributed by atoms with Crippen molar-refractivity contribution in [2.45, 2.75) is 32.9 Å². The Morgan fingerprint density at radius 1 is 1.12 bits per heavy atom. The Bertz CT molecular complexity index is 649. The molecule has 1 aromatic carbocycles. The average Bonchev–Trinajstić information content (AvgIpc) is 3.07. The van der Waals surface area contributed by atoms with Crippen molar-refractivity contribution in [3.05, 3.63) is 47.6 Å². The van der Waals surface area contributed by atoms with Crippen molar-refractivity contribution in [1.29, 1.82) is 0 Å². The molecule has 6 heteroatoms. The van der Waals surface area contributed by atoms with Crippen molar-refractivity contribution in [2.75, 3.05) is 39.8 Å². The molecule has 1 aliphatic heterocycles. The number of hydrogen-bond donors (Lipinski definition) is 1. The number of nitrogens with zero attached hydrogens (tertiary/aromatic N) is 4. The van der Waals surface area contributed by atoms with E-state index in [1.54, 1.807) is 0 Å². The Kier molecular flexibility index (Phi) is 6.77. The number of benzene rings is 1. The van der Waals surface area contributed by atoms with E-state index in [1.165, 1.54) is 5.56 Å². The minimum Gasteiger partial charge on any atom is -0.339 e. The summed E-state index contributed by atoms with van der Waals surface area (Å²) in [6.45, 7) is 10.4. The molecule has 2 heterocycles. The summed E-state index contributed by atoms with van der Waals surface area (Å²) < 4.78 is 5.36. The highest BCUT2D eigenvalue weighted by molar-refractivity contribution is 5.19. The molecule has 0 bridgehead atoms. The van der Waals surface area contributed by atoms with Crippen molar-refractivity contribution >= 4 is 0 Å². The van der Waals surface area contributed by atoms with Gasteiger partial charge in [0.2, 0.25) is 5.89 Å². The summed E-state index contributed by atoms with van der Waals surface area (Å²) in [5, 5.41) is 7.76. The van der Waals surface area contributed by atoms with Gasteiger partial charge >= 0.3 is 0 Å². The zero-order chi connectivity index (χ0) is 18.4. The zero-order valence-electron chi connectivity index (χ0n) is 16.2. The topological polar surface area (TPSA) is 57.4 Å². The van der Waals surface area contributed by atoms with E-state index in [1.807, 2.05) is 0 Å².